The molecule has 0 bridgehead atoms. The maximum absolute atomic E-state index is 9.60. The van der Waals surface area contributed by atoms with E-state index < -0.39 is 0 Å². The molecule has 1 aromatic carbocycles. The Kier molecular flexibility index (Phi) is 7.02. The van der Waals surface area contributed by atoms with E-state index >= 15 is 0 Å². The minimum absolute atomic E-state index is 0.318. The Labute approximate surface area is 127 Å². The third-order valence-electron chi connectivity index (χ3n) is 3.02. The van der Waals surface area contributed by atoms with Crippen molar-refractivity contribution in [3.8, 4) is 0 Å². The van der Waals surface area contributed by atoms with Gasteiger partial charge < -0.3 is 21.1 Å². The number of hydrogen-bond donors (Lipinski definition) is 3. The maximum Gasteiger partial charge on any atom is 0.293 e. The zero-order valence-electron chi connectivity index (χ0n) is 13.2. The van der Waals surface area contributed by atoms with Crippen LogP contribution in [-0.2, 0) is 9.53 Å². The molecule has 4 N–H and O–H groups in total. The van der Waals surface area contributed by atoms with Crippen molar-refractivity contribution in [2.24, 2.45) is 0 Å². The van der Waals surface area contributed by atoms with E-state index in [-0.39, 0.29) is 5.60 Å². The summed E-state index contributed by atoms with van der Waals surface area (Å²) in [5.74, 6) is 0. The van der Waals surface area contributed by atoms with Crippen molar-refractivity contribution in [1.29, 1.82) is 0 Å². The summed E-state index contributed by atoms with van der Waals surface area (Å²) >= 11 is 0. The molecule has 1 fully saturated rings. The zero-order chi connectivity index (χ0) is 15.7. The fraction of sp³-hybridized carbons (Fsp3) is 0.562. The van der Waals surface area contributed by atoms with Crippen LogP contribution in [0.2, 0.25) is 0 Å². The number of carbonyl (C=O) groups excluding carboxylic acids is 1. The van der Waals surface area contributed by atoms with Crippen molar-refractivity contribution in [3.05, 3.63) is 24.3 Å². The Morgan fingerprint density at radius 2 is 1.81 bits per heavy atom. The summed E-state index contributed by atoms with van der Waals surface area (Å²) in [6, 6.07) is 8.56. The van der Waals surface area contributed by atoms with Gasteiger partial charge in [0.1, 0.15) is 5.60 Å². The topological polar surface area (TPSA) is 76.4 Å². The molecule has 0 amide bonds. The largest absolute Gasteiger partial charge is 0.462 e. The molecular formula is C16H27N3O2. The number of anilines is 2. The van der Waals surface area contributed by atoms with E-state index in [1.54, 1.807) is 0 Å². The first-order chi connectivity index (χ1) is 9.90. The summed E-state index contributed by atoms with van der Waals surface area (Å²) in [6.45, 7) is 8.16. The number of rotatable bonds is 3. The number of hydrogen-bond acceptors (Lipinski definition) is 5. The molecule has 1 aliphatic heterocycles. The number of ether oxygens (including phenoxy) is 1. The van der Waals surface area contributed by atoms with Gasteiger partial charge in [-0.2, -0.15) is 0 Å². The summed E-state index contributed by atoms with van der Waals surface area (Å²) in [6.07, 6.45) is 2.40. The lowest BCUT2D eigenvalue weighted by Crippen LogP contribution is -2.35. The molecule has 21 heavy (non-hydrogen) atoms. The standard InChI is InChI=1S/C11H17N3.C5H10O2/c12-9-1-3-10(4-2-9)14-11-5-7-13-8-6-11;1-5(2,3)7-4-6/h1-4,11,13-14H,5-8,12H2;4H,1-3H3. The first-order valence-corrected chi connectivity index (χ1v) is 7.35. The van der Waals surface area contributed by atoms with Crippen LogP contribution < -0.4 is 16.4 Å². The molecule has 1 heterocycles. The molecule has 2 rings (SSSR count). The minimum Gasteiger partial charge on any atom is -0.462 e. The van der Waals surface area contributed by atoms with Crippen molar-refractivity contribution in [3.63, 3.8) is 0 Å². The van der Waals surface area contributed by atoms with Crippen LogP contribution in [0.5, 0.6) is 0 Å². The summed E-state index contributed by atoms with van der Waals surface area (Å²) in [4.78, 5) is 9.60. The van der Waals surface area contributed by atoms with Crippen LogP contribution in [0.3, 0.4) is 0 Å². The molecule has 0 spiro atoms. The Morgan fingerprint density at radius 1 is 1.24 bits per heavy atom. The SMILES string of the molecule is CC(C)(C)OC=O.Nc1ccc(NC2CCNCC2)cc1. The van der Waals surface area contributed by atoms with Gasteiger partial charge >= 0.3 is 0 Å². The predicted octanol–water partition coefficient (Wildman–Crippen LogP) is 2.39. The second-order valence-corrected chi connectivity index (χ2v) is 6.12. The number of carbonyl (C=O) groups is 1. The Hall–Kier alpha value is -1.75. The van der Waals surface area contributed by atoms with Crippen molar-refractivity contribution in [1.82, 2.24) is 5.32 Å². The van der Waals surface area contributed by atoms with Gasteiger partial charge in [-0.25, -0.2) is 0 Å². The lowest BCUT2D eigenvalue weighted by Gasteiger charge is -2.24. The molecular weight excluding hydrogens is 266 g/mol. The Balaban J connectivity index is 0.000000270. The van der Waals surface area contributed by atoms with Crippen LogP contribution in [0.1, 0.15) is 33.6 Å². The molecule has 0 atom stereocenters. The quantitative estimate of drug-likeness (QED) is 0.589. The first kappa shape index (κ1) is 17.3. The van der Waals surface area contributed by atoms with Gasteiger partial charge in [0, 0.05) is 17.4 Å². The molecule has 5 heteroatoms. The molecule has 1 aromatic rings. The normalized spacial score (nSPS) is 15.6. The van der Waals surface area contributed by atoms with Gasteiger partial charge in [0.05, 0.1) is 0 Å². The van der Waals surface area contributed by atoms with E-state index in [0.29, 0.717) is 12.5 Å². The predicted molar refractivity (Wildman–Crippen MR) is 87.3 cm³/mol. The van der Waals surface area contributed by atoms with Crippen LogP contribution in [0.15, 0.2) is 24.3 Å². The molecule has 0 unspecified atom stereocenters. The van der Waals surface area contributed by atoms with E-state index in [0.717, 1.165) is 18.8 Å². The highest BCUT2D eigenvalue weighted by Crippen LogP contribution is 2.14. The fourth-order valence-corrected chi connectivity index (χ4v) is 1.93. The molecule has 0 radical (unpaired) electrons. The second kappa shape index (κ2) is 8.52. The Bertz CT molecular complexity index is 407. The molecule has 0 saturated carbocycles. The van der Waals surface area contributed by atoms with Gasteiger partial charge in [0.25, 0.3) is 6.47 Å². The average Bonchev–Trinajstić information content (AvgIpc) is 2.42. The summed E-state index contributed by atoms with van der Waals surface area (Å²) in [5.41, 5.74) is 7.30. The third kappa shape index (κ3) is 8.19. The smallest absolute Gasteiger partial charge is 0.293 e. The summed E-state index contributed by atoms with van der Waals surface area (Å²) in [7, 11) is 0. The van der Waals surface area contributed by atoms with E-state index in [4.69, 9.17) is 5.73 Å². The molecule has 0 aliphatic carbocycles. The van der Waals surface area contributed by atoms with Crippen LogP contribution in [0, 0.1) is 0 Å². The number of nitrogens with two attached hydrogens (primary N) is 1. The van der Waals surface area contributed by atoms with Crippen LogP contribution >= 0.6 is 0 Å². The van der Waals surface area contributed by atoms with Crippen molar-refractivity contribution in [2.75, 3.05) is 24.1 Å². The van der Waals surface area contributed by atoms with Gasteiger partial charge in [-0.15, -0.1) is 0 Å². The average molecular weight is 293 g/mol. The van der Waals surface area contributed by atoms with E-state index in [1.807, 2.05) is 45.0 Å². The number of piperidine rings is 1. The van der Waals surface area contributed by atoms with E-state index in [9.17, 15) is 4.79 Å². The number of benzene rings is 1. The summed E-state index contributed by atoms with van der Waals surface area (Å²) in [5, 5.41) is 6.86. The van der Waals surface area contributed by atoms with E-state index in [1.165, 1.54) is 18.5 Å². The highest BCUT2D eigenvalue weighted by Gasteiger charge is 2.11. The summed E-state index contributed by atoms with van der Waals surface area (Å²) < 4.78 is 4.55. The van der Waals surface area contributed by atoms with Crippen LogP contribution in [0.25, 0.3) is 0 Å². The van der Waals surface area contributed by atoms with Gasteiger partial charge in [-0.05, 0) is 71.0 Å². The molecule has 118 valence electrons. The van der Waals surface area contributed by atoms with Gasteiger partial charge in [0.2, 0.25) is 0 Å². The van der Waals surface area contributed by atoms with Crippen LogP contribution in [0.4, 0.5) is 11.4 Å². The van der Waals surface area contributed by atoms with Gasteiger partial charge in [-0.1, -0.05) is 0 Å². The molecule has 1 aliphatic rings. The third-order valence-corrected chi connectivity index (χ3v) is 3.02. The van der Waals surface area contributed by atoms with Crippen molar-refractivity contribution < 1.29 is 9.53 Å². The van der Waals surface area contributed by atoms with Gasteiger partial charge in [-0.3, -0.25) is 4.79 Å². The molecule has 5 nitrogen and oxygen atoms in total. The van der Waals surface area contributed by atoms with Gasteiger partial charge in [0.15, 0.2) is 0 Å². The van der Waals surface area contributed by atoms with E-state index in [2.05, 4.69) is 15.4 Å². The zero-order valence-corrected chi connectivity index (χ0v) is 13.2. The fourth-order valence-electron chi connectivity index (χ4n) is 1.93. The first-order valence-electron chi connectivity index (χ1n) is 7.35. The lowest BCUT2D eigenvalue weighted by molar-refractivity contribution is -0.138. The highest BCUT2D eigenvalue weighted by atomic mass is 16.5. The maximum atomic E-state index is 9.60. The lowest BCUT2D eigenvalue weighted by atomic mass is 10.1. The minimum atomic E-state index is -0.318. The molecule has 1 saturated heterocycles. The molecule has 0 aromatic heterocycles. The van der Waals surface area contributed by atoms with Crippen molar-refractivity contribution >= 4 is 17.8 Å². The van der Waals surface area contributed by atoms with Crippen LogP contribution in [-0.4, -0.2) is 31.2 Å². The van der Waals surface area contributed by atoms with Crippen molar-refractivity contribution in [2.45, 2.75) is 45.3 Å². The highest BCUT2D eigenvalue weighted by molar-refractivity contribution is 5.51. The monoisotopic (exact) mass is 293 g/mol. The second-order valence-electron chi connectivity index (χ2n) is 6.12. The number of nitrogen functional groups attached to an aromatic ring is 1. The Morgan fingerprint density at radius 3 is 2.24 bits per heavy atom. The number of nitrogens with one attached hydrogen (secondary N) is 2.